The summed E-state index contributed by atoms with van der Waals surface area (Å²) in [4.78, 5) is 27.0. The van der Waals surface area contributed by atoms with Crippen molar-refractivity contribution in [3.05, 3.63) is 53.6 Å². The van der Waals surface area contributed by atoms with Crippen LogP contribution in [0.2, 0.25) is 0 Å². The average molecular weight is 404 g/mol. The number of amides is 2. The van der Waals surface area contributed by atoms with Crippen LogP contribution in [0.15, 0.2) is 41.3 Å². The maximum Gasteiger partial charge on any atom is 0.253 e. The van der Waals surface area contributed by atoms with Crippen molar-refractivity contribution in [2.75, 3.05) is 24.2 Å². The summed E-state index contributed by atoms with van der Waals surface area (Å²) < 4.78 is 32.4. The Morgan fingerprint density at radius 2 is 1.93 bits per heavy atom. The summed E-state index contributed by atoms with van der Waals surface area (Å²) in [6.45, 7) is 0.953. The van der Waals surface area contributed by atoms with E-state index in [1.54, 1.807) is 17.0 Å². The number of carbonyl (C=O) groups is 2. The molecule has 5 nitrogen and oxygen atoms in total. The number of halogens is 2. The number of thioether (sulfide) groups is 1. The molecule has 2 aromatic rings. The van der Waals surface area contributed by atoms with Gasteiger partial charge in [-0.25, -0.2) is 8.78 Å². The molecule has 1 N–H and O–H groups in total. The first-order chi connectivity index (χ1) is 13.5. The SMILES string of the molecule is O=C1CSc2ccc(C(=O)N3CCC(Oc4ccc(F)cc4F)CC3)cc2N1. The molecule has 0 unspecified atom stereocenters. The maximum absolute atomic E-state index is 13.7. The molecule has 0 saturated carbocycles. The number of hydrogen-bond donors (Lipinski definition) is 1. The molecule has 2 aromatic carbocycles. The predicted molar refractivity (Wildman–Crippen MR) is 102 cm³/mol. The zero-order valence-electron chi connectivity index (χ0n) is 14.9. The minimum absolute atomic E-state index is 0.0223. The molecule has 2 aliphatic rings. The summed E-state index contributed by atoms with van der Waals surface area (Å²) in [6, 6.07) is 8.55. The first-order valence-electron chi connectivity index (χ1n) is 8.97. The highest BCUT2D eigenvalue weighted by Crippen LogP contribution is 2.32. The molecule has 0 spiro atoms. The van der Waals surface area contributed by atoms with Gasteiger partial charge in [-0.3, -0.25) is 9.59 Å². The Morgan fingerprint density at radius 1 is 1.14 bits per heavy atom. The van der Waals surface area contributed by atoms with Gasteiger partial charge in [0.2, 0.25) is 5.91 Å². The highest BCUT2D eigenvalue weighted by molar-refractivity contribution is 8.00. The largest absolute Gasteiger partial charge is 0.487 e. The van der Waals surface area contributed by atoms with Crippen molar-refractivity contribution in [3.63, 3.8) is 0 Å². The highest BCUT2D eigenvalue weighted by atomic mass is 32.2. The average Bonchev–Trinajstić information content (AvgIpc) is 2.69. The number of carbonyl (C=O) groups excluding carboxylic acids is 2. The van der Waals surface area contributed by atoms with Crippen molar-refractivity contribution in [2.24, 2.45) is 0 Å². The van der Waals surface area contributed by atoms with Gasteiger partial charge in [-0.2, -0.15) is 0 Å². The molecule has 2 aliphatic heterocycles. The summed E-state index contributed by atoms with van der Waals surface area (Å²) >= 11 is 1.45. The van der Waals surface area contributed by atoms with Crippen molar-refractivity contribution < 1.29 is 23.1 Å². The Labute approximate surface area is 165 Å². The van der Waals surface area contributed by atoms with Crippen molar-refractivity contribution in [1.82, 2.24) is 4.90 Å². The molecule has 2 amide bonds. The van der Waals surface area contributed by atoms with Crippen LogP contribution in [0.5, 0.6) is 5.75 Å². The van der Waals surface area contributed by atoms with Crippen LogP contribution in [-0.2, 0) is 4.79 Å². The molecule has 1 fully saturated rings. The summed E-state index contributed by atoms with van der Waals surface area (Å²) in [5.74, 6) is -1.17. The van der Waals surface area contributed by atoms with Crippen molar-refractivity contribution >= 4 is 29.3 Å². The van der Waals surface area contributed by atoms with E-state index in [1.807, 2.05) is 6.07 Å². The van der Waals surface area contributed by atoms with E-state index in [1.165, 1.54) is 17.8 Å². The number of fused-ring (bicyclic) bond motifs is 1. The van der Waals surface area contributed by atoms with E-state index < -0.39 is 11.6 Å². The molecule has 146 valence electrons. The molecule has 1 saturated heterocycles. The fraction of sp³-hybridized carbons (Fsp3) is 0.300. The van der Waals surface area contributed by atoms with E-state index in [2.05, 4.69) is 5.32 Å². The lowest BCUT2D eigenvalue weighted by Crippen LogP contribution is -2.41. The third-order valence-corrected chi connectivity index (χ3v) is 5.85. The number of ether oxygens (including phenoxy) is 1. The van der Waals surface area contributed by atoms with Gasteiger partial charge in [-0.15, -0.1) is 11.8 Å². The Kier molecular flexibility index (Phi) is 5.21. The quantitative estimate of drug-likeness (QED) is 0.848. The molecule has 8 heteroatoms. The van der Waals surface area contributed by atoms with E-state index in [0.29, 0.717) is 42.9 Å². The molecule has 2 heterocycles. The number of piperidine rings is 1. The molecule has 0 bridgehead atoms. The van der Waals surface area contributed by atoms with Crippen LogP contribution < -0.4 is 10.1 Å². The second-order valence-corrected chi connectivity index (χ2v) is 7.75. The highest BCUT2D eigenvalue weighted by Gasteiger charge is 2.26. The normalized spacial score (nSPS) is 17.1. The number of hydrogen-bond acceptors (Lipinski definition) is 4. The molecule has 28 heavy (non-hydrogen) atoms. The van der Waals surface area contributed by atoms with Gasteiger partial charge in [0.05, 0.1) is 11.4 Å². The van der Waals surface area contributed by atoms with E-state index in [-0.39, 0.29) is 23.7 Å². The fourth-order valence-corrected chi connectivity index (χ4v) is 4.11. The van der Waals surface area contributed by atoms with Gasteiger partial charge in [0.1, 0.15) is 11.9 Å². The van der Waals surface area contributed by atoms with Crippen LogP contribution in [0.4, 0.5) is 14.5 Å². The lowest BCUT2D eigenvalue weighted by molar-refractivity contribution is -0.113. The minimum atomic E-state index is -0.729. The maximum atomic E-state index is 13.7. The number of rotatable bonds is 3. The predicted octanol–water partition coefficient (Wildman–Crippen LogP) is 3.69. The van der Waals surface area contributed by atoms with Crippen LogP contribution >= 0.6 is 11.8 Å². The Balaban J connectivity index is 1.37. The van der Waals surface area contributed by atoms with E-state index in [4.69, 9.17) is 4.74 Å². The third kappa shape index (κ3) is 3.96. The second-order valence-electron chi connectivity index (χ2n) is 6.73. The van der Waals surface area contributed by atoms with Gasteiger partial charge in [0.25, 0.3) is 5.91 Å². The number of nitrogens with one attached hydrogen (secondary N) is 1. The smallest absolute Gasteiger partial charge is 0.253 e. The number of anilines is 1. The lowest BCUT2D eigenvalue weighted by Gasteiger charge is -2.32. The lowest BCUT2D eigenvalue weighted by atomic mass is 10.1. The van der Waals surface area contributed by atoms with Gasteiger partial charge in [0, 0.05) is 42.5 Å². The zero-order valence-corrected chi connectivity index (χ0v) is 15.7. The van der Waals surface area contributed by atoms with Gasteiger partial charge >= 0.3 is 0 Å². The third-order valence-electron chi connectivity index (χ3n) is 4.78. The first-order valence-corrected chi connectivity index (χ1v) is 9.96. The van der Waals surface area contributed by atoms with Gasteiger partial charge in [-0.05, 0) is 30.3 Å². The molecule has 0 radical (unpaired) electrons. The van der Waals surface area contributed by atoms with E-state index in [0.717, 1.165) is 17.0 Å². The molecule has 0 aliphatic carbocycles. The first kappa shape index (κ1) is 18.7. The molecule has 0 aromatic heterocycles. The van der Waals surface area contributed by atoms with Crippen LogP contribution in [0.3, 0.4) is 0 Å². The summed E-state index contributed by atoms with van der Waals surface area (Å²) in [5.41, 5.74) is 1.18. The standard InChI is InChI=1S/C20H18F2N2O3S/c21-13-2-3-17(15(22)10-13)27-14-5-7-24(8-6-14)20(26)12-1-4-18-16(9-12)23-19(25)11-28-18/h1-4,9-10,14H,5-8,11H2,(H,23,25). The minimum Gasteiger partial charge on any atom is -0.487 e. The Hall–Kier alpha value is -2.61. The van der Waals surface area contributed by atoms with Crippen molar-refractivity contribution in [2.45, 2.75) is 23.8 Å². The number of likely N-dealkylation sites (tertiary alicyclic amines) is 1. The number of benzene rings is 2. The topological polar surface area (TPSA) is 58.6 Å². The van der Waals surface area contributed by atoms with Crippen molar-refractivity contribution in [3.8, 4) is 5.75 Å². The monoisotopic (exact) mass is 404 g/mol. The number of nitrogens with zero attached hydrogens (tertiary/aromatic N) is 1. The van der Waals surface area contributed by atoms with Gasteiger partial charge in [0.15, 0.2) is 11.6 Å². The van der Waals surface area contributed by atoms with Crippen LogP contribution in [0.1, 0.15) is 23.2 Å². The van der Waals surface area contributed by atoms with Gasteiger partial charge in [-0.1, -0.05) is 0 Å². The van der Waals surface area contributed by atoms with Crippen molar-refractivity contribution in [1.29, 1.82) is 0 Å². The van der Waals surface area contributed by atoms with E-state index >= 15 is 0 Å². The Morgan fingerprint density at radius 3 is 2.68 bits per heavy atom. The summed E-state index contributed by atoms with van der Waals surface area (Å²) in [6.07, 6.45) is 0.878. The van der Waals surface area contributed by atoms with Gasteiger partial charge < -0.3 is 15.0 Å². The second kappa shape index (κ2) is 7.79. The molecular formula is C20H18F2N2O3S. The van der Waals surface area contributed by atoms with Crippen LogP contribution in [-0.4, -0.2) is 41.7 Å². The molecule has 4 rings (SSSR count). The van der Waals surface area contributed by atoms with Crippen LogP contribution in [0.25, 0.3) is 0 Å². The molecule has 0 atom stereocenters. The van der Waals surface area contributed by atoms with Crippen LogP contribution in [0, 0.1) is 11.6 Å². The molecular weight excluding hydrogens is 386 g/mol. The fourth-order valence-electron chi connectivity index (χ4n) is 3.33. The summed E-state index contributed by atoms with van der Waals surface area (Å²) in [7, 11) is 0. The van der Waals surface area contributed by atoms with E-state index in [9.17, 15) is 18.4 Å². The summed E-state index contributed by atoms with van der Waals surface area (Å²) in [5, 5.41) is 2.79. The zero-order chi connectivity index (χ0) is 19.7. The Bertz CT molecular complexity index is 930.